The van der Waals surface area contributed by atoms with Crippen LogP contribution in [0.25, 0.3) is 10.9 Å². The number of aromatic carboxylic acids is 1. The van der Waals surface area contributed by atoms with Crippen molar-refractivity contribution in [3.63, 3.8) is 0 Å². The summed E-state index contributed by atoms with van der Waals surface area (Å²) in [7, 11) is 0. The van der Waals surface area contributed by atoms with E-state index >= 15 is 0 Å². The van der Waals surface area contributed by atoms with Crippen molar-refractivity contribution in [2.75, 3.05) is 0 Å². The molecule has 1 heterocycles. The fraction of sp³-hybridized carbons (Fsp3) is 0.100. The van der Waals surface area contributed by atoms with Crippen molar-refractivity contribution in [1.82, 2.24) is 4.98 Å². The Kier molecular flexibility index (Phi) is 1.70. The molecule has 0 bridgehead atoms. The summed E-state index contributed by atoms with van der Waals surface area (Å²) < 4.78 is 0. The lowest BCUT2D eigenvalue weighted by atomic mass is 10.1. The summed E-state index contributed by atoms with van der Waals surface area (Å²) in [6, 6.07) is 4.81. The third-order valence-electron chi connectivity index (χ3n) is 2.22. The van der Waals surface area contributed by atoms with Crippen molar-refractivity contribution < 1.29 is 15.0 Å². The summed E-state index contributed by atoms with van der Waals surface area (Å²) in [5, 5.41) is 19.0. The zero-order valence-electron chi connectivity index (χ0n) is 7.53. The molecule has 2 aromatic rings. The smallest absolute Gasteiger partial charge is 0.352 e. The van der Waals surface area contributed by atoms with E-state index in [1.807, 2.05) is 6.92 Å². The van der Waals surface area contributed by atoms with Crippen LogP contribution in [0.3, 0.4) is 0 Å². The Balaban J connectivity index is 2.82. The van der Waals surface area contributed by atoms with Gasteiger partial charge < -0.3 is 15.2 Å². The van der Waals surface area contributed by atoms with Gasteiger partial charge in [0.25, 0.3) is 0 Å². The van der Waals surface area contributed by atoms with Gasteiger partial charge in [-0.15, -0.1) is 0 Å². The Morgan fingerprint density at radius 1 is 1.43 bits per heavy atom. The van der Waals surface area contributed by atoms with E-state index in [2.05, 4.69) is 4.98 Å². The monoisotopic (exact) mass is 191 g/mol. The van der Waals surface area contributed by atoms with Crippen molar-refractivity contribution in [1.29, 1.82) is 0 Å². The topological polar surface area (TPSA) is 73.3 Å². The first-order valence-electron chi connectivity index (χ1n) is 4.14. The van der Waals surface area contributed by atoms with Gasteiger partial charge in [0.1, 0.15) is 11.4 Å². The van der Waals surface area contributed by atoms with Crippen LogP contribution in [-0.2, 0) is 0 Å². The fourth-order valence-electron chi connectivity index (χ4n) is 1.46. The molecule has 1 aromatic carbocycles. The first-order valence-corrected chi connectivity index (χ1v) is 4.14. The molecule has 0 saturated heterocycles. The number of hydrogen-bond donors (Lipinski definition) is 3. The molecule has 3 N–H and O–H groups in total. The highest BCUT2D eigenvalue weighted by Crippen LogP contribution is 2.27. The normalized spacial score (nSPS) is 10.6. The summed E-state index contributed by atoms with van der Waals surface area (Å²) in [6.45, 7) is 1.86. The summed E-state index contributed by atoms with van der Waals surface area (Å²) in [5.74, 6) is -0.960. The molecule has 0 aliphatic carbocycles. The maximum atomic E-state index is 10.7. The molecule has 0 radical (unpaired) electrons. The second kappa shape index (κ2) is 2.77. The molecule has 0 amide bonds. The van der Waals surface area contributed by atoms with E-state index < -0.39 is 5.97 Å². The quantitative estimate of drug-likeness (QED) is 0.644. The number of phenols is 1. The number of aromatic amines is 1. The van der Waals surface area contributed by atoms with E-state index in [-0.39, 0.29) is 11.4 Å². The first-order chi connectivity index (χ1) is 6.59. The van der Waals surface area contributed by atoms with E-state index in [4.69, 9.17) is 5.11 Å². The average Bonchev–Trinajstić information content (AvgIpc) is 2.57. The van der Waals surface area contributed by atoms with Gasteiger partial charge >= 0.3 is 5.97 Å². The summed E-state index contributed by atoms with van der Waals surface area (Å²) in [5.41, 5.74) is 1.49. The van der Waals surface area contributed by atoms with Crippen LogP contribution in [0.5, 0.6) is 5.75 Å². The van der Waals surface area contributed by atoms with Crippen LogP contribution in [-0.4, -0.2) is 21.2 Å². The number of aryl methyl sites for hydroxylation is 1. The highest BCUT2D eigenvalue weighted by Gasteiger charge is 2.11. The van der Waals surface area contributed by atoms with Gasteiger partial charge in [-0.3, -0.25) is 0 Å². The van der Waals surface area contributed by atoms with Crippen LogP contribution in [0.2, 0.25) is 0 Å². The molecule has 0 spiro atoms. The SMILES string of the molecule is Cc1ccc(O)c2[nH]c(C(=O)O)cc12. The molecule has 14 heavy (non-hydrogen) atoms. The first kappa shape index (κ1) is 8.62. The predicted octanol–water partition coefficient (Wildman–Crippen LogP) is 1.88. The third kappa shape index (κ3) is 1.12. The minimum absolute atomic E-state index is 0.0677. The Hall–Kier alpha value is -1.97. The predicted molar refractivity (Wildman–Crippen MR) is 51.7 cm³/mol. The molecule has 1 aromatic heterocycles. The second-order valence-electron chi connectivity index (χ2n) is 3.18. The van der Waals surface area contributed by atoms with Crippen LogP contribution >= 0.6 is 0 Å². The molecule has 0 unspecified atom stereocenters. The van der Waals surface area contributed by atoms with E-state index in [0.717, 1.165) is 10.9 Å². The molecule has 4 nitrogen and oxygen atoms in total. The lowest BCUT2D eigenvalue weighted by molar-refractivity contribution is 0.0691. The number of phenolic OH excluding ortho intramolecular Hbond substituents is 1. The van der Waals surface area contributed by atoms with Crippen LogP contribution < -0.4 is 0 Å². The van der Waals surface area contributed by atoms with Gasteiger partial charge in [0.15, 0.2) is 0 Å². The number of carboxylic acids is 1. The van der Waals surface area contributed by atoms with Gasteiger partial charge in [-0.1, -0.05) is 6.07 Å². The van der Waals surface area contributed by atoms with Gasteiger partial charge in [-0.05, 0) is 24.6 Å². The Labute approximate surface area is 79.8 Å². The minimum Gasteiger partial charge on any atom is -0.506 e. The molecule has 0 aliphatic rings. The van der Waals surface area contributed by atoms with Crippen LogP contribution in [0.4, 0.5) is 0 Å². The summed E-state index contributed by atoms with van der Waals surface area (Å²) >= 11 is 0. The largest absolute Gasteiger partial charge is 0.506 e. The molecule has 0 aliphatic heterocycles. The summed E-state index contributed by atoms with van der Waals surface area (Å²) in [4.78, 5) is 13.3. The molecule has 2 rings (SSSR count). The third-order valence-corrected chi connectivity index (χ3v) is 2.22. The molecule has 0 atom stereocenters. The van der Waals surface area contributed by atoms with Crippen molar-refractivity contribution >= 4 is 16.9 Å². The molecule has 0 fully saturated rings. The zero-order valence-corrected chi connectivity index (χ0v) is 7.53. The lowest BCUT2D eigenvalue weighted by Crippen LogP contribution is -1.94. The average molecular weight is 191 g/mol. The Bertz CT molecular complexity index is 474. The number of rotatable bonds is 1. The Morgan fingerprint density at radius 3 is 2.71 bits per heavy atom. The maximum Gasteiger partial charge on any atom is 0.352 e. The molecular formula is C10H9NO3. The zero-order chi connectivity index (χ0) is 10.3. The van der Waals surface area contributed by atoms with E-state index in [1.54, 1.807) is 12.1 Å². The second-order valence-corrected chi connectivity index (χ2v) is 3.18. The van der Waals surface area contributed by atoms with Crippen LogP contribution in [0.1, 0.15) is 16.1 Å². The highest BCUT2D eigenvalue weighted by molar-refractivity contribution is 5.97. The molecule has 0 saturated carbocycles. The van der Waals surface area contributed by atoms with E-state index in [1.165, 1.54) is 6.07 Å². The minimum atomic E-state index is -1.03. The number of carbonyl (C=O) groups is 1. The van der Waals surface area contributed by atoms with Crippen molar-refractivity contribution in [2.24, 2.45) is 0 Å². The number of benzene rings is 1. The Morgan fingerprint density at radius 2 is 2.14 bits per heavy atom. The number of fused-ring (bicyclic) bond motifs is 1. The number of aromatic nitrogens is 1. The number of aromatic hydroxyl groups is 1. The van der Waals surface area contributed by atoms with E-state index in [0.29, 0.717) is 5.52 Å². The highest BCUT2D eigenvalue weighted by atomic mass is 16.4. The maximum absolute atomic E-state index is 10.7. The van der Waals surface area contributed by atoms with Gasteiger partial charge in [-0.25, -0.2) is 4.79 Å². The summed E-state index contributed by atoms with van der Waals surface area (Å²) in [6.07, 6.45) is 0. The number of H-pyrrole nitrogens is 1. The van der Waals surface area contributed by atoms with Crippen LogP contribution in [0.15, 0.2) is 18.2 Å². The molecular weight excluding hydrogens is 182 g/mol. The van der Waals surface area contributed by atoms with Crippen LogP contribution in [0, 0.1) is 6.92 Å². The van der Waals surface area contributed by atoms with Gasteiger partial charge in [0.05, 0.1) is 5.52 Å². The molecule has 4 heteroatoms. The molecule has 72 valence electrons. The van der Waals surface area contributed by atoms with Gasteiger partial charge in [0.2, 0.25) is 0 Å². The number of carboxylic acid groups (broad SMARTS) is 1. The van der Waals surface area contributed by atoms with Gasteiger partial charge in [-0.2, -0.15) is 0 Å². The standard InChI is InChI=1S/C10H9NO3/c1-5-2-3-8(12)9-6(5)4-7(11-9)10(13)14/h2-4,11-12H,1H3,(H,13,14). The van der Waals surface area contributed by atoms with Crippen molar-refractivity contribution in [3.05, 3.63) is 29.5 Å². The number of hydrogen-bond acceptors (Lipinski definition) is 2. The van der Waals surface area contributed by atoms with Crippen molar-refractivity contribution in [3.8, 4) is 5.75 Å². The fourth-order valence-corrected chi connectivity index (χ4v) is 1.46. The van der Waals surface area contributed by atoms with Gasteiger partial charge in [0, 0.05) is 5.39 Å². The number of nitrogens with one attached hydrogen (secondary N) is 1. The van der Waals surface area contributed by atoms with E-state index in [9.17, 15) is 9.90 Å². The lowest BCUT2D eigenvalue weighted by Gasteiger charge is -1.97. The van der Waals surface area contributed by atoms with Crippen molar-refractivity contribution in [2.45, 2.75) is 6.92 Å².